The lowest BCUT2D eigenvalue weighted by atomic mass is 9.96. The molecule has 4 aromatic rings. The van der Waals surface area contributed by atoms with Gasteiger partial charge in [-0.25, -0.2) is 9.79 Å². The molecule has 252 valence electrons. The molecule has 0 radical (unpaired) electrons. The maximum atomic E-state index is 14.0. The monoisotopic (exact) mass is 670 g/mol. The summed E-state index contributed by atoms with van der Waals surface area (Å²) >= 11 is 1.26. The van der Waals surface area contributed by atoms with Crippen LogP contribution in [0.5, 0.6) is 23.0 Å². The van der Waals surface area contributed by atoms with Gasteiger partial charge in [-0.05, 0) is 74.4 Å². The molecule has 2 heterocycles. The van der Waals surface area contributed by atoms with E-state index in [2.05, 4.69) is 11.9 Å². The maximum Gasteiger partial charge on any atom is 0.338 e. The van der Waals surface area contributed by atoms with Gasteiger partial charge in [0.2, 0.25) is 0 Å². The molecule has 0 spiro atoms. The number of aromatic nitrogens is 1. The summed E-state index contributed by atoms with van der Waals surface area (Å²) in [5.41, 5.74) is 2.06. The van der Waals surface area contributed by atoms with Crippen LogP contribution in [0.3, 0.4) is 0 Å². The number of rotatable bonds is 16. The highest BCUT2D eigenvalue weighted by molar-refractivity contribution is 7.07. The van der Waals surface area contributed by atoms with Crippen LogP contribution in [0.25, 0.3) is 6.08 Å². The van der Waals surface area contributed by atoms with Crippen molar-refractivity contribution in [1.29, 1.82) is 0 Å². The van der Waals surface area contributed by atoms with Crippen LogP contribution in [0, 0.1) is 0 Å². The number of esters is 1. The molecule has 0 unspecified atom stereocenters. The summed E-state index contributed by atoms with van der Waals surface area (Å²) < 4.78 is 30.6. The highest BCUT2D eigenvalue weighted by Gasteiger charge is 2.33. The quantitative estimate of drug-likeness (QED) is 0.103. The molecular weight excluding hydrogens is 628 g/mol. The summed E-state index contributed by atoms with van der Waals surface area (Å²) in [5.74, 6) is 2.35. The fraction of sp³-hybridized carbons (Fsp3) is 0.342. The van der Waals surface area contributed by atoms with E-state index in [-0.39, 0.29) is 12.2 Å². The van der Waals surface area contributed by atoms with Crippen LogP contribution in [0.1, 0.15) is 63.6 Å². The fourth-order valence-corrected chi connectivity index (χ4v) is 6.47. The fourth-order valence-electron chi connectivity index (χ4n) is 5.43. The second-order valence-electron chi connectivity index (χ2n) is 11.2. The number of carbonyl (C=O) groups excluding carboxylic acids is 1. The summed E-state index contributed by atoms with van der Waals surface area (Å²) in [6.07, 6.45) is 6.47. The molecule has 1 aliphatic rings. The first-order valence-electron chi connectivity index (χ1n) is 16.3. The van der Waals surface area contributed by atoms with E-state index < -0.39 is 12.0 Å². The Hall–Kier alpha value is -4.83. The molecule has 5 rings (SSSR count). The number of hydrogen-bond donors (Lipinski definition) is 0. The summed E-state index contributed by atoms with van der Waals surface area (Å²) in [7, 11) is 1.59. The van der Waals surface area contributed by atoms with Crippen LogP contribution in [0.15, 0.2) is 93.9 Å². The maximum absolute atomic E-state index is 14.0. The lowest BCUT2D eigenvalue weighted by Crippen LogP contribution is -2.39. The molecule has 48 heavy (non-hydrogen) atoms. The molecule has 10 heteroatoms. The normalized spacial score (nSPS) is 14.2. The molecule has 1 aromatic heterocycles. The van der Waals surface area contributed by atoms with Gasteiger partial charge in [0.25, 0.3) is 5.56 Å². The van der Waals surface area contributed by atoms with E-state index in [0.29, 0.717) is 51.9 Å². The van der Waals surface area contributed by atoms with Gasteiger partial charge in [0.15, 0.2) is 4.80 Å². The third kappa shape index (κ3) is 8.36. The minimum atomic E-state index is -0.705. The Labute approximate surface area is 284 Å². The van der Waals surface area contributed by atoms with Crippen molar-refractivity contribution in [3.05, 3.63) is 115 Å². The predicted octanol–water partition coefficient (Wildman–Crippen LogP) is 6.22. The van der Waals surface area contributed by atoms with Crippen LogP contribution in [0.2, 0.25) is 0 Å². The van der Waals surface area contributed by atoms with Gasteiger partial charge < -0.3 is 23.7 Å². The minimum absolute atomic E-state index is 0.206. The molecule has 1 aliphatic heterocycles. The zero-order valence-corrected chi connectivity index (χ0v) is 28.7. The predicted molar refractivity (Wildman–Crippen MR) is 187 cm³/mol. The Bertz CT molecular complexity index is 1890. The smallest absolute Gasteiger partial charge is 0.338 e. The van der Waals surface area contributed by atoms with Crippen molar-refractivity contribution in [3.63, 3.8) is 0 Å². The van der Waals surface area contributed by atoms with E-state index in [1.807, 2.05) is 60.7 Å². The molecule has 0 amide bonds. The first-order chi connectivity index (χ1) is 23.4. The topological polar surface area (TPSA) is 97.6 Å². The van der Waals surface area contributed by atoms with Crippen molar-refractivity contribution in [2.45, 2.75) is 52.5 Å². The van der Waals surface area contributed by atoms with Crippen molar-refractivity contribution in [2.75, 3.05) is 33.5 Å². The Morgan fingerprint density at radius 1 is 0.854 bits per heavy atom. The van der Waals surface area contributed by atoms with Crippen molar-refractivity contribution >= 4 is 23.4 Å². The van der Waals surface area contributed by atoms with E-state index >= 15 is 0 Å². The largest absolute Gasteiger partial charge is 0.497 e. The third-order valence-corrected chi connectivity index (χ3v) is 8.84. The lowest BCUT2D eigenvalue weighted by Gasteiger charge is -2.24. The molecule has 0 aliphatic carbocycles. The Morgan fingerprint density at radius 2 is 1.52 bits per heavy atom. The van der Waals surface area contributed by atoms with E-state index in [4.69, 9.17) is 23.7 Å². The summed E-state index contributed by atoms with van der Waals surface area (Å²) in [4.78, 5) is 32.3. The molecule has 1 atom stereocenters. The zero-order chi connectivity index (χ0) is 33.9. The van der Waals surface area contributed by atoms with E-state index in [1.165, 1.54) is 30.6 Å². The van der Waals surface area contributed by atoms with Gasteiger partial charge >= 0.3 is 5.97 Å². The number of allylic oxidation sites excluding steroid dienone is 1. The molecular formula is C38H42N2O7S. The van der Waals surface area contributed by atoms with Crippen LogP contribution in [-0.2, 0) is 9.53 Å². The summed E-state index contributed by atoms with van der Waals surface area (Å²) in [5, 5.41) is 0. The van der Waals surface area contributed by atoms with Crippen molar-refractivity contribution < 1.29 is 28.5 Å². The van der Waals surface area contributed by atoms with Gasteiger partial charge in [0, 0.05) is 5.56 Å². The average molecular weight is 671 g/mol. The van der Waals surface area contributed by atoms with E-state index in [1.54, 1.807) is 43.7 Å². The number of fused-ring (bicyclic) bond motifs is 1. The molecule has 0 N–H and O–H groups in total. The average Bonchev–Trinajstić information content (AvgIpc) is 3.40. The first-order valence-corrected chi connectivity index (χ1v) is 17.2. The number of methoxy groups -OCH3 is 1. The number of thiazole rings is 1. The van der Waals surface area contributed by atoms with Gasteiger partial charge in [-0.3, -0.25) is 9.36 Å². The van der Waals surface area contributed by atoms with Gasteiger partial charge in [-0.2, -0.15) is 0 Å². The second kappa shape index (κ2) is 16.8. The molecule has 0 saturated carbocycles. The van der Waals surface area contributed by atoms with Gasteiger partial charge in [0.05, 0.1) is 42.2 Å². The second-order valence-corrected chi connectivity index (χ2v) is 12.2. The van der Waals surface area contributed by atoms with Crippen LogP contribution in [0.4, 0.5) is 0 Å². The van der Waals surface area contributed by atoms with E-state index in [9.17, 15) is 9.59 Å². The molecule has 0 bridgehead atoms. The van der Waals surface area contributed by atoms with Crippen LogP contribution >= 0.6 is 11.3 Å². The van der Waals surface area contributed by atoms with Crippen molar-refractivity contribution in [3.8, 4) is 23.0 Å². The lowest BCUT2D eigenvalue weighted by molar-refractivity contribution is -0.139. The number of nitrogens with zero attached hydrogens (tertiary/aromatic N) is 2. The zero-order valence-electron chi connectivity index (χ0n) is 27.9. The highest BCUT2D eigenvalue weighted by Crippen LogP contribution is 2.31. The standard InChI is InChI=1S/C38H42N2O7S/c1-5-7-8-11-22-45-30-18-20-31(21-19-30)46-23-24-47-32-13-10-9-12-28(32)25-33-36(41)40-35(27-14-16-29(43-4)17-15-27)34(37(42)44-6-2)26(3)39-38(40)48-33/h9-10,12-21,25,35H,5-8,11,22-24H2,1-4H3/b33-25-/t35-/m0/s1. The number of ether oxygens (including phenoxy) is 5. The highest BCUT2D eigenvalue weighted by atomic mass is 32.1. The number of carbonyl (C=O) groups is 1. The van der Waals surface area contributed by atoms with E-state index in [0.717, 1.165) is 29.0 Å². The Balaban J connectivity index is 1.32. The molecule has 0 saturated heterocycles. The number of benzene rings is 3. The first kappa shape index (κ1) is 34.5. The third-order valence-electron chi connectivity index (χ3n) is 7.85. The number of para-hydroxylation sites is 1. The van der Waals surface area contributed by atoms with Crippen LogP contribution in [-0.4, -0.2) is 44.1 Å². The molecule has 9 nitrogen and oxygen atoms in total. The van der Waals surface area contributed by atoms with Gasteiger partial charge in [-0.1, -0.05) is 67.9 Å². The molecule has 3 aromatic carbocycles. The summed E-state index contributed by atoms with van der Waals surface area (Å²) in [6.45, 7) is 7.28. The van der Waals surface area contributed by atoms with Crippen LogP contribution < -0.4 is 33.8 Å². The van der Waals surface area contributed by atoms with Crippen molar-refractivity contribution in [2.24, 2.45) is 4.99 Å². The number of unbranched alkanes of at least 4 members (excludes halogenated alkanes) is 3. The Morgan fingerprint density at radius 3 is 2.21 bits per heavy atom. The molecule has 0 fully saturated rings. The SMILES string of the molecule is CCCCCCOc1ccc(OCCOc2ccccc2/C=c2\sc3n(c2=O)[C@@H](c2ccc(OC)cc2)C(C(=O)OCC)=C(C)N=3)cc1. The van der Waals surface area contributed by atoms with Gasteiger partial charge in [0.1, 0.15) is 36.2 Å². The minimum Gasteiger partial charge on any atom is -0.497 e. The Kier molecular flexibility index (Phi) is 12.1. The number of hydrogen-bond acceptors (Lipinski definition) is 9. The summed E-state index contributed by atoms with van der Waals surface area (Å²) in [6, 6.07) is 21.7. The van der Waals surface area contributed by atoms with Crippen molar-refractivity contribution in [1.82, 2.24) is 4.57 Å². The van der Waals surface area contributed by atoms with Gasteiger partial charge in [-0.15, -0.1) is 0 Å².